The number of pyridine rings is 1. The fourth-order valence-corrected chi connectivity index (χ4v) is 4.86. The van der Waals surface area contributed by atoms with Gasteiger partial charge < -0.3 is 8.98 Å². The lowest BCUT2D eigenvalue weighted by Gasteiger charge is -2.09. The van der Waals surface area contributed by atoms with Crippen molar-refractivity contribution in [2.45, 2.75) is 19.3 Å². The van der Waals surface area contributed by atoms with Gasteiger partial charge in [-0.3, -0.25) is 0 Å². The Hall–Kier alpha value is -3.59. The molecule has 1 saturated carbocycles. The van der Waals surface area contributed by atoms with Crippen LogP contribution >= 0.6 is 0 Å². The molecule has 3 heterocycles. The number of fused-ring (bicyclic) bond motifs is 6. The van der Waals surface area contributed by atoms with E-state index in [4.69, 9.17) is 4.42 Å². The first-order valence-electron chi connectivity index (χ1n) is 10.7. The molecular formula is C27H20N2O. The number of hydrogen-bond acceptors (Lipinski definition) is 2. The molecule has 0 radical (unpaired) electrons. The number of furan rings is 1. The van der Waals surface area contributed by atoms with Gasteiger partial charge in [-0.05, 0) is 67.1 Å². The fraction of sp³-hybridized carbons (Fsp3) is 0.148. The van der Waals surface area contributed by atoms with Gasteiger partial charge in [0.2, 0.25) is 5.71 Å². The van der Waals surface area contributed by atoms with Crippen LogP contribution < -0.4 is 0 Å². The van der Waals surface area contributed by atoms with Crippen molar-refractivity contribution in [3.63, 3.8) is 0 Å². The summed E-state index contributed by atoms with van der Waals surface area (Å²) in [6, 6.07) is 26.1. The third kappa shape index (κ3) is 2.29. The number of hydrogen-bond donors (Lipinski definition) is 0. The summed E-state index contributed by atoms with van der Waals surface area (Å²) in [5.41, 5.74) is 6.50. The van der Waals surface area contributed by atoms with Crippen LogP contribution in [0, 0.1) is 5.92 Å². The van der Waals surface area contributed by atoms with Crippen molar-refractivity contribution in [3.05, 3.63) is 84.6 Å². The summed E-state index contributed by atoms with van der Waals surface area (Å²) in [4.78, 5) is 4.43. The van der Waals surface area contributed by atoms with Gasteiger partial charge in [-0.25, -0.2) is 4.98 Å². The second-order valence-electron chi connectivity index (χ2n) is 8.46. The van der Waals surface area contributed by atoms with Gasteiger partial charge in [-0.2, -0.15) is 0 Å². The molecule has 1 aliphatic rings. The molecule has 144 valence electrons. The maximum Gasteiger partial charge on any atom is 0.227 e. The van der Waals surface area contributed by atoms with E-state index in [9.17, 15) is 0 Å². The Bertz CT molecular complexity index is 1580. The van der Waals surface area contributed by atoms with E-state index < -0.39 is 0 Å². The van der Waals surface area contributed by atoms with Gasteiger partial charge in [0.05, 0.1) is 16.7 Å². The first-order chi connectivity index (χ1) is 14.9. The van der Waals surface area contributed by atoms with Crippen molar-refractivity contribution in [2.75, 3.05) is 0 Å². The van der Waals surface area contributed by atoms with E-state index in [0.29, 0.717) is 5.71 Å². The van der Waals surface area contributed by atoms with Crippen molar-refractivity contribution in [3.8, 4) is 5.69 Å². The largest absolute Gasteiger partial charge is 0.435 e. The van der Waals surface area contributed by atoms with Gasteiger partial charge in [0.1, 0.15) is 0 Å². The number of nitrogens with zero attached hydrogens (tertiary/aromatic N) is 2. The standard InChI is InChI=1S/C27H20N2O/c1-2-8-23-19(5-1)22-16-18(15-17-10-11-17)12-13-24(22)29(23)25-9-3-6-20-21-7-4-14-28-27(21)30-26(20)25/h1-9,12-14,16-17H,10-11,15H2. The number of aromatic nitrogens is 2. The quantitative estimate of drug-likeness (QED) is 0.326. The molecule has 7 rings (SSSR count). The highest BCUT2D eigenvalue weighted by atomic mass is 16.3. The van der Waals surface area contributed by atoms with E-state index in [1.807, 2.05) is 6.07 Å². The minimum Gasteiger partial charge on any atom is -0.435 e. The summed E-state index contributed by atoms with van der Waals surface area (Å²) in [5, 5.41) is 4.76. The van der Waals surface area contributed by atoms with Crippen molar-refractivity contribution >= 4 is 43.9 Å². The molecule has 1 aliphatic carbocycles. The third-order valence-corrected chi connectivity index (χ3v) is 6.45. The van der Waals surface area contributed by atoms with Crippen LogP contribution in [0.15, 0.2) is 83.4 Å². The molecular weight excluding hydrogens is 368 g/mol. The van der Waals surface area contributed by atoms with Crippen LogP contribution in [0.4, 0.5) is 0 Å². The van der Waals surface area contributed by atoms with Crippen molar-refractivity contribution < 1.29 is 4.42 Å². The summed E-state index contributed by atoms with van der Waals surface area (Å²) < 4.78 is 8.60. The minimum atomic E-state index is 0.687. The topological polar surface area (TPSA) is 31.0 Å². The zero-order valence-corrected chi connectivity index (χ0v) is 16.5. The molecule has 0 spiro atoms. The highest BCUT2D eigenvalue weighted by Crippen LogP contribution is 2.39. The van der Waals surface area contributed by atoms with E-state index in [0.717, 1.165) is 28.0 Å². The number of rotatable bonds is 3. The first-order valence-corrected chi connectivity index (χ1v) is 10.7. The second-order valence-corrected chi connectivity index (χ2v) is 8.46. The van der Waals surface area contributed by atoms with E-state index in [1.165, 1.54) is 46.6 Å². The van der Waals surface area contributed by atoms with Gasteiger partial charge in [0.25, 0.3) is 0 Å². The van der Waals surface area contributed by atoms with E-state index in [2.05, 4.69) is 76.3 Å². The Labute approximate surface area is 173 Å². The van der Waals surface area contributed by atoms with E-state index in [-0.39, 0.29) is 0 Å². The summed E-state index contributed by atoms with van der Waals surface area (Å²) >= 11 is 0. The lowest BCUT2D eigenvalue weighted by Crippen LogP contribution is -1.94. The third-order valence-electron chi connectivity index (χ3n) is 6.45. The van der Waals surface area contributed by atoms with Gasteiger partial charge >= 0.3 is 0 Å². The molecule has 1 fully saturated rings. The molecule has 30 heavy (non-hydrogen) atoms. The van der Waals surface area contributed by atoms with Crippen molar-refractivity contribution in [2.24, 2.45) is 5.92 Å². The molecule has 3 aromatic heterocycles. The van der Waals surface area contributed by atoms with E-state index in [1.54, 1.807) is 6.20 Å². The number of para-hydroxylation sites is 2. The predicted molar refractivity (Wildman–Crippen MR) is 122 cm³/mol. The van der Waals surface area contributed by atoms with Gasteiger partial charge in [-0.1, -0.05) is 36.4 Å². The van der Waals surface area contributed by atoms with E-state index >= 15 is 0 Å². The van der Waals surface area contributed by atoms with Crippen LogP contribution in [-0.2, 0) is 6.42 Å². The van der Waals surface area contributed by atoms with Gasteiger partial charge in [0, 0.05) is 27.7 Å². The minimum absolute atomic E-state index is 0.687. The lowest BCUT2D eigenvalue weighted by atomic mass is 10.1. The molecule has 0 aliphatic heterocycles. The zero-order valence-electron chi connectivity index (χ0n) is 16.5. The Morgan fingerprint density at radius 3 is 2.57 bits per heavy atom. The van der Waals surface area contributed by atoms with Crippen LogP contribution in [0.3, 0.4) is 0 Å². The van der Waals surface area contributed by atoms with Crippen molar-refractivity contribution in [1.29, 1.82) is 0 Å². The maximum atomic E-state index is 6.26. The monoisotopic (exact) mass is 388 g/mol. The molecule has 3 aromatic carbocycles. The van der Waals surface area contributed by atoms with Crippen LogP contribution in [0.25, 0.3) is 49.6 Å². The molecule has 0 N–H and O–H groups in total. The molecule has 0 saturated heterocycles. The molecule has 6 aromatic rings. The van der Waals surface area contributed by atoms with Crippen LogP contribution in [-0.4, -0.2) is 9.55 Å². The highest BCUT2D eigenvalue weighted by Gasteiger charge is 2.22. The number of benzene rings is 3. The molecule has 3 heteroatoms. The summed E-state index contributed by atoms with van der Waals surface area (Å²) in [6.45, 7) is 0. The molecule has 0 amide bonds. The van der Waals surface area contributed by atoms with Crippen molar-refractivity contribution in [1.82, 2.24) is 9.55 Å². The average molecular weight is 388 g/mol. The zero-order chi connectivity index (χ0) is 19.7. The first kappa shape index (κ1) is 16.2. The Kier molecular flexibility index (Phi) is 3.22. The summed E-state index contributed by atoms with van der Waals surface area (Å²) in [5.74, 6) is 0.882. The lowest BCUT2D eigenvalue weighted by molar-refractivity contribution is 0.652. The SMILES string of the molecule is c1cnc2oc3c(-n4c5ccccc5c5cc(CC6CC6)ccc54)cccc3c2c1. The second kappa shape index (κ2) is 5.96. The van der Waals surface area contributed by atoms with Crippen LogP contribution in [0.2, 0.25) is 0 Å². The molecule has 3 nitrogen and oxygen atoms in total. The Balaban J connectivity index is 1.57. The Morgan fingerprint density at radius 2 is 1.63 bits per heavy atom. The fourth-order valence-electron chi connectivity index (χ4n) is 4.86. The highest BCUT2D eigenvalue weighted by molar-refractivity contribution is 6.12. The predicted octanol–water partition coefficient (Wildman–Crippen LogP) is 7.03. The smallest absolute Gasteiger partial charge is 0.227 e. The maximum absolute atomic E-state index is 6.26. The Morgan fingerprint density at radius 1 is 0.800 bits per heavy atom. The molecule has 0 bridgehead atoms. The van der Waals surface area contributed by atoms with Gasteiger partial charge in [0.15, 0.2) is 5.58 Å². The summed E-state index contributed by atoms with van der Waals surface area (Å²) in [7, 11) is 0. The molecule has 0 unspecified atom stereocenters. The van der Waals surface area contributed by atoms with Crippen LogP contribution in [0.1, 0.15) is 18.4 Å². The average Bonchev–Trinajstić information content (AvgIpc) is 3.43. The van der Waals surface area contributed by atoms with Gasteiger partial charge in [-0.15, -0.1) is 0 Å². The normalized spacial score (nSPS) is 14.4. The van der Waals surface area contributed by atoms with Crippen LogP contribution in [0.5, 0.6) is 0 Å². The molecule has 0 atom stereocenters. The summed E-state index contributed by atoms with van der Waals surface area (Å²) in [6.07, 6.45) is 5.73.